The molecule has 3 atom stereocenters. The highest BCUT2D eigenvalue weighted by atomic mass is 16.5. The van der Waals surface area contributed by atoms with E-state index in [1.54, 1.807) is 65.4 Å². The van der Waals surface area contributed by atoms with Crippen LogP contribution >= 0.6 is 0 Å². The summed E-state index contributed by atoms with van der Waals surface area (Å²) >= 11 is 0. The van der Waals surface area contributed by atoms with Gasteiger partial charge in [0, 0.05) is 42.9 Å². The van der Waals surface area contributed by atoms with E-state index >= 15 is 0 Å². The van der Waals surface area contributed by atoms with Crippen LogP contribution in [-0.2, 0) is 28.2 Å². The molecular formula is C40H47N3O6. The first-order chi connectivity index (χ1) is 23.5. The number of rotatable bonds is 12. The monoisotopic (exact) mass is 665 g/mol. The number of anilines is 1. The highest BCUT2D eigenvalue weighted by Crippen LogP contribution is 2.46. The molecule has 0 radical (unpaired) electrons. The van der Waals surface area contributed by atoms with Crippen LogP contribution in [0, 0.1) is 5.92 Å². The molecule has 0 spiro atoms. The number of carbonyl (C=O) groups excluding carboxylic acids is 2. The number of benzene rings is 2. The standard InChI is InChI=1S/C40H47N3O6/c1-27(2)11-8-12-28(3)20-22-42-35-19-18-32(41-21-10-16-36(49-5)38(41)46)24-34(35)40(48,39(42)47)29(4)13-9-17-37(45)43-25-31-15-7-6-14-30(31)23-33(43)26-44/h6-7,9-11,13-16,18-21,24,29,33,44,48H,8,12,17,22-23,25-26H2,1-5H3/b13-9+,28-20+/t29-,33-,40+/m0/s1. The fourth-order valence-electron chi connectivity index (χ4n) is 6.71. The SMILES string of the molecule is COc1cccn(-c2ccc3c(c2)[C@](O)([C@@H](C)/C=C/CC(=O)N2Cc4ccccc4C[C@H]2CO)C(=O)N3C/C=C(\C)CCC=C(C)C)c1=O. The van der Waals surface area contributed by atoms with E-state index in [0.717, 1.165) is 29.5 Å². The summed E-state index contributed by atoms with van der Waals surface area (Å²) in [5.74, 6) is -1.15. The zero-order chi connectivity index (χ0) is 35.3. The van der Waals surface area contributed by atoms with Gasteiger partial charge in [0.1, 0.15) is 0 Å². The topological polar surface area (TPSA) is 112 Å². The quantitative estimate of drug-likeness (QED) is 0.244. The van der Waals surface area contributed by atoms with Crippen LogP contribution in [0.1, 0.15) is 63.6 Å². The van der Waals surface area contributed by atoms with E-state index in [0.29, 0.717) is 29.9 Å². The number of aromatic nitrogens is 1. The van der Waals surface area contributed by atoms with Crippen molar-refractivity contribution in [1.82, 2.24) is 9.47 Å². The Kier molecular flexibility index (Phi) is 11.1. The second-order valence-electron chi connectivity index (χ2n) is 13.3. The van der Waals surface area contributed by atoms with Crippen molar-refractivity contribution in [3.63, 3.8) is 0 Å². The third-order valence-electron chi connectivity index (χ3n) is 9.64. The van der Waals surface area contributed by atoms with Crippen molar-refractivity contribution in [3.8, 4) is 11.4 Å². The van der Waals surface area contributed by atoms with E-state index in [1.165, 1.54) is 17.3 Å². The van der Waals surface area contributed by atoms with Crippen LogP contribution in [0.5, 0.6) is 5.75 Å². The first kappa shape index (κ1) is 35.6. The van der Waals surface area contributed by atoms with E-state index in [1.807, 2.05) is 37.3 Å². The summed E-state index contributed by atoms with van der Waals surface area (Å²) in [4.78, 5) is 44.0. The van der Waals surface area contributed by atoms with Gasteiger partial charge in [-0.1, -0.05) is 66.6 Å². The van der Waals surface area contributed by atoms with Crippen LogP contribution in [0.3, 0.4) is 0 Å². The number of methoxy groups -OCH3 is 1. The van der Waals surface area contributed by atoms with Gasteiger partial charge >= 0.3 is 0 Å². The van der Waals surface area contributed by atoms with Gasteiger partial charge in [-0.3, -0.25) is 19.0 Å². The van der Waals surface area contributed by atoms with Crippen molar-refractivity contribution >= 4 is 17.5 Å². The van der Waals surface area contributed by atoms with Crippen LogP contribution < -0.4 is 15.2 Å². The molecule has 3 aromatic rings. The number of allylic oxidation sites excluding steroid dienone is 3. The Hall–Kier alpha value is -4.73. The maximum Gasteiger partial charge on any atom is 0.297 e. The highest BCUT2D eigenvalue weighted by Gasteiger charge is 2.52. The summed E-state index contributed by atoms with van der Waals surface area (Å²) in [5, 5.41) is 22.4. The van der Waals surface area contributed by atoms with E-state index < -0.39 is 17.4 Å². The Bertz CT molecular complexity index is 1850. The predicted molar refractivity (Wildman–Crippen MR) is 192 cm³/mol. The minimum Gasteiger partial charge on any atom is -0.491 e. The molecule has 5 rings (SSSR count). The molecular weight excluding hydrogens is 618 g/mol. The number of aliphatic hydroxyl groups excluding tert-OH is 1. The molecule has 0 fully saturated rings. The average Bonchev–Trinajstić information content (AvgIpc) is 3.31. The number of carbonyl (C=O) groups is 2. The van der Waals surface area contributed by atoms with E-state index in [9.17, 15) is 24.6 Å². The van der Waals surface area contributed by atoms with Crippen LogP contribution in [0.4, 0.5) is 5.69 Å². The van der Waals surface area contributed by atoms with Crippen LogP contribution in [0.2, 0.25) is 0 Å². The zero-order valence-corrected chi connectivity index (χ0v) is 29.1. The number of ether oxygens (including phenoxy) is 1. The number of hydrogen-bond donors (Lipinski definition) is 2. The van der Waals surface area contributed by atoms with Crippen molar-refractivity contribution in [3.05, 3.63) is 123 Å². The number of amides is 2. The molecule has 0 saturated carbocycles. The largest absolute Gasteiger partial charge is 0.491 e. The van der Waals surface area contributed by atoms with Crippen molar-refractivity contribution in [2.24, 2.45) is 5.92 Å². The van der Waals surface area contributed by atoms with Gasteiger partial charge in [-0.25, -0.2) is 0 Å². The number of pyridine rings is 1. The Morgan fingerprint density at radius 2 is 1.82 bits per heavy atom. The Balaban J connectivity index is 1.43. The van der Waals surface area contributed by atoms with Gasteiger partial charge < -0.3 is 24.7 Å². The minimum absolute atomic E-state index is 0.0523. The number of fused-ring (bicyclic) bond motifs is 2. The Morgan fingerprint density at radius 3 is 2.53 bits per heavy atom. The first-order valence-corrected chi connectivity index (χ1v) is 16.9. The fraction of sp³-hybridized carbons (Fsp3) is 0.375. The molecule has 9 nitrogen and oxygen atoms in total. The Labute approximate surface area is 288 Å². The molecule has 49 heavy (non-hydrogen) atoms. The molecule has 2 amide bonds. The summed E-state index contributed by atoms with van der Waals surface area (Å²) in [5.41, 5.74) is 3.70. The first-order valence-electron chi connectivity index (χ1n) is 16.9. The number of nitrogens with zero attached hydrogens (tertiary/aromatic N) is 3. The molecule has 2 aliphatic heterocycles. The minimum atomic E-state index is -1.95. The van der Waals surface area contributed by atoms with Gasteiger partial charge in [-0.15, -0.1) is 0 Å². The van der Waals surface area contributed by atoms with Crippen LogP contribution in [0.15, 0.2) is 101 Å². The Morgan fingerprint density at radius 1 is 1.06 bits per heavy atom. The van der Waals surface area contributed by atoms with Crippen molar-refractivity contribution in [1.29, 1.82) is 0 Å². The predicted octanol–water partition coefficient (Wildman–Crippen LogP) is 5.60. The zero-order valence-electron chi connectivity index (χ0n) is 29.1. The molecule has 0 unspecified atom stereocenters. The van der Waals surface area contributed by atoms with Gasteiger partial charge in [-0.05, 0) is 81.5 Å². The third kappa shape index (κ3) is 7.33. The maximum atomic E-state index is 14.2. The summed E-state index contributed by atoms with van der Waals surface area (Å²) in [6, 6.07) is 16.1. The van der Waals surface area contributed by atoms with Gasteiger partial charge in [0.05, 0.1) is 25.4 Å². The third-order valence-corrected chi connectivity index (χ3v) is 9.64. The second-order valence-corrected chi connectivity index (χ2v) is 13.3. The maximum absolute atomic E-state index is 14.2. The van der Waals surface area contributed by atoms with Crippen molar-refractivity contribution in [2.75, 3.05) is 25.2 Å². The number of aliphatic hydroxyl groups is 2. The smallest absolute Gasteiger partial charge is 0.297 e. The van der Waals surface area contributed by atoms with Gasteiger partial charge in [0.25, 0.3) is 11.5 Å². The van der Waals surface area contributed by atoms with Gasteiger partial charge in [-0.2, -0.15) is 0 Å². The van der Waals surface area contributed by atoms with Gasteiger partial charge in [0.15, 0.2) is 11.4 Å². The molecule has 2 aromatic carbocycles. The molecule has 0 aliphatic carbocycles. The summed E-state index contributed by atoms with van der Waals surface area (Å²) in [6.07, 6.45) is 11.6. The van der Waals surface area contributed by atoms with Crippen molar-refractivity contribution in [2.45, 2.75) is 71.6 Å². The lowest BCUT2D eigenvalue weighted by Crippen LogP contribution is -2.46. The summed E-state index contributed by atoms with van der Waals surface area (Å²) < 4.78 is 6.66. The second kappa shape index (κ2) is 15.2. The van der Waals surface area contributed by atoms with E-state index in [4.69, 9.17) is 4.74 Å². The summed E-state index contributed by atoms with van der Waals surface area (Å²) in [7, 11) is 1.43. The molecule has 0 saturated heterocycles. The lowest BCUT2D eigenvalue weighted by Gasteiger charge is -2.36. The van der Waals surface area contributed by atoms with E-state index in [-0.39, 0.29) is 42.8 Å². The normalized spacial score (nSPS) is 19.5. The molecule has 2 N–H and O–H groups in total. The number of hydrogen-bond acceptors (Lipinski definition) is 6. The average molecular weight is 666 g/mol. The van der Waals surface area contributed by atoms with Crippen molar-refractivity contribution < 1.29 is 24.5 Å². The molecule has 2 aliphatic rings. The van der Waals surface area contributed by atoms with E-state index in [2.05, 4.69) is 19.9 Å². The van der Waals surface area contributed by atoms with Gasteiger partial charge in [0.2, 0.25) is 5.91 Å². The fourth-order valence-corrected chi connectivity index (χ4v) is 6.71. The lowest BCUT2D eigenvalue weighted by molar-refractivity contribution is -0.139. The molecule has 9 heteroatoms. The van der Waals surface area contributed by atoms with Crippen LogP contribution in [-0.4, -0.2) is 57.8 Å². The molecule has 258 valence electrons. The molecule has 3 heterocycles. The van der Waals surface area contributed by atoms with Crippen LogP contribution in [0.25, 0.3) is 5.69 Å². The molecule has 1 aromatic heterocycles. The summed E-state index contributed by atoms with van der Waals surface area (Å²) in [6.45, 7) is 8.49. The molecule has 0 bridgehead atoms. The highest BCUT2D eigenvalue weighted by molar-refractivity contribution is 6.07. The lowest BCUT2D eigenvalue weighted by atomic mass is 9.82.